The van der Waals surface area contributed by atoms with Gasteiger partial charge < -0.3 is 14.9 Å². The van der Waals surface area contributed by atoms with E-state index in [1.165, 1.54) is 26.5 Å². The van der Waals surface area contributed by atoms with E-state index in [2.05, 4.69) is 104 Å². The van der Waals surface area contributed by atoms with Gasteiger partial charge in [0.2, 0.25) is 0 Å². The third-order valence-corrected chi connectivity index (χ3v) is 9.38. The van der Waals surface area contributed by atoms with Crippen LogP contribution in [0, 0.1) is 14.9 Å². The maximum Gasteiger partial charge on any atom is 3.00 e. The molecule has 32 heavy (non-hydrogen) atoms. The zero-order valence-electron chi connectivity index (χ0n) is 21.4. The third kappa shape index (κ3) is 14.5. The van der Waals surface area contributed by atoms with Gasteiger partial charge in [0.15, 0.2) is 0 Å². The van der Waals surface area contributed by atoms with Crippen LogP contribution in [0.25, 0.3) is 10.8 Å². The summed E-state index contributed by atoms with van der Waals surface area (Å²) in [6.07, 6.45) is 0. The summed E-state index contributed by atoms with van der Waals surface area (Å²) < 4.78 is 0. The Morgan fingerprint density at radius 3 is 1.47 bits per heavy atom. The fourth-order valence-electron chi connectivity index (χ4n) is 2.43. The molecule has 0 saturated heterocycles. The fourth-order valence-corrected chi connectivity index (χ4v) is 6.71. The van der Waals surface area contributed by atoms with Crippen LogP contribution in [0.1, 0.15) is 0 Å². The number of allylic oxidation sites excluding steroid dienone is 2. The van der Waals surface area contributed by atoms with Gasteiger partial charge in [-0.2, -0.15) is 17.5 Å². The van der Waals surface area contributed by atoms with E-state index in [-0.39, 0.29) is 47.5 Å². The van der Waals surface area contributed by atoms with Crippen LogP contribution in [-0.2, 0) is 21.7 Å². The van der Waals surface area contributed by atoms with Crippen LogP contribution in [0.4, 0.5) is 0 Å². The molecule has 1 unspecified atom stereocenters. The van der Waals surface area contributed by atoms with E-state index < -0.39 is 16.1 Å². The van der Waals surface area contributed by atoms with E-state index in [0.717, 1.165) is 0 Å². The van der Waals surface area contributed by atoms with Crippen LogP contribution in [0.3, 0.4) is 0 Å². The molecule has 0 heterocycles. The minimum Gasteiger partial charge on any atom is -0.358 e. The van der Waals surface area contributed by atoms with E-state index in [1.807, 2.05) is 30.3 Å². The first kappa shape index (κ1) is 38.6. The normalized spacial score (nSPS) is 9.59. The summed E-state index contributed by atoms with van der Waals surface area (Å²) in [5.41, 5.74) is 0. The predicted molar refractivity (Wildman–Crippen MR) is 159 cm³/mol. The van der Waals surface area contributed by atoms with Crippen molar-refractivity contribution in [3.8, 4) is 0 Å². The number of rotatable bonds is 3. The Balaban J connectivity index is -0.000000177. The van der Waals surface area contributed by atoms with Crippen LogP contribution < -0.4 is 5.30 Å². The van der Waals surface area contributed by atoms with Crippen LogP contribution in [-0.4, -0.2) is 27.1 Å². The summed E-state index contributed by atoms with van der Waals surface area (Å²) >= 11 is 0. The molecule has 0 aromatic heterocycles. The smallest absolute Gasteiger partial charge is 0.358 e. The SMILES string of the molecule is C=C(C(=C)[Si](C)(C)C)[Si](C)(C)C.Pc1ccccc1.[CH3-].[CH3-].[Si].[Ti+3].c1ccc2[cH-]ccc2c1. The minimum absolute atomic E-state index is 0. The zero-order chi connectivity index (χ0) is 21.4. The molecule has 0 amide bonds. The molecule has 0 fully saturated rings. The van der Waals surface area contributed by atoms with Crippen molar-refractivity contribution in [3.05, 3.63) is 111 Å². The van der Waals surface area contributed by atoms with Crippen LogP contribution >= 0.6 is 9.24 Å². The first-order chi connectivity index (χ1) is 12.9. The van der Waals surface area contributed by atoms with Gasteiger partial charge in [0.05, 0.1) is 16.1 Å². The molecule has 0 aliphatic rings. The summed E-state index contributed by atoms with van der Waals surface area (Å²) in [7, 11) is 0.244. The van der Waals surface area contributed by atoms with Crippen molar-refractivity contribution in [2.75, 3.05) is 0 Å². The molecule has 1 atom stereocenters. The van der Waals surface area contributed by atoms with Crippen molar-refractivity contribution < 1.29 is 21.7 Å². The number of hydrogen-bond donors (Lipinski definition) is 0. The van der Waals surface area contributed by atoms with Crippen molar-refractivity contribution in [3.63, 3.8) is 0 Å². The van der Waals surface area contributed by atoms with Crippen molar-refractivity contribution >= 4 is 52.4 Å². The summed E-state index contributed by atoms with van der Waals surface area (Å²) in [4.78, 5) is 0. The Labute approximate surface area is 223 Å². The molecule has 3 rings (SSSR count). The first-order valence-corrected chi connectivity index (χ1v) is 17.3. The molecule has 0 bridgehead atoms. The second kappa shape index (κ2) is 17.8. The maximum absolute atomic E-state index is 4.19. The summed E-state index contributed by atoms with van der Waals surface area (Å²) in [6, 6.07) is 24.8. The molecule has 0 nitrogen and oxygen atoms in total. The molecule has 0 aliphatic carbocycles. The second-order valence-corrected chi connectivity index (χ2v) is 19.9. The van der Waals surface area contributed by atoms with Crippen molar-refractivity contribution in [1.29, 1.82) is 0 Å². The average Bonchev–Trinajstić information content (AvgIpc) is 3.09. The predicted octanol–water partition coefficient (Wildman–Crippen LogP) is 8.12. The average molecular weight is 530 g/mol. The van der Waals surface area contributed by atoms with E-state index in [9.17, 15) is 0 Å². The molecular weight excluding hydrogens is 487 g/mol. The standard InChI is InChI=1S/C10H22Si2.C9H7.C6H7P.2CH3.Si.Ti/c1-9(11(3,4)5)10(2)12(6,7)8;1-2-5-9-7-3-6-8(9)4-1;7-6-4-2-1-3-5-6;;;;/h1-2H2,3-8H3;1-7H;1-5H,7H2;2*1H3;;/q;-1;;2*-1;;+3. The molecule has 171 valence electrons. The summed E-state index contributed by atoms with van der Waals surface area (Å²) in [6.45, 7) is 22.4. The molecule has 3 aromatic carbocycles. The number of hydrogen-bond acceptors (Lipinski definition) is 0. The Hall–Kier alpha value is -0.675. The van der Waals surface area contributed by atoms with Crippen molar-refractivity contribution in [2.45, 2.75) is 39.3 Å². The molecule has 5 heteroatoms. The zero-order valence-corrected chi connectivity index (χ0v) is 27.1. The Morgan fingerprint density at radius 1 is 0.719 bits per heavy atom. The van der Waals surface area contributed by atoms with Gasteiger partial charge >= 0.3 is 21.7 Å². The first-order valence-electron chi connectivity index (χ1n) is 9.73. The fraction of sp³-hybridized carbons (Fsp3) is 0.222. The van der Waals surface area contributed by atoms with Gasteiger partial charge in [0.25, 0.3) is 0 Å². The van der Waals surface area contributed by atoms with E-state index in [0.29, 0.717) is 0 Å². The monoisotopic (exact) mass is 529 g/mol. The number of fused-ring (bicyclic) bond motifs is 1. The summed E-state index contributed by atoms with van der Waals surface area (Å²) in [5.74, 6) is 0. The van der Waals surface area contributed by atoms with Gasteiger partial charge in [0, 0.05) is 11.0 Å². The largest absolute Gasteiger partial charge is 3.00 e. The third-order valence-electron chi connectivity index (χ3n) is 4.52. The second-order valence-electron chi connectivity index (χ2n) is 9.02. The Kier molecular flexibility index (Phi) is 21.4. The van der Waals surface area contributed by atoms with Crippen molar-refractivity contribution in [2.24, 2.45) is 0 Å². The van der Waals surface area contributed by atoms with Gasteiger partial charge in [0.1, 0.15) is 0 Å². The van der Waals surface area contributed by atoms with Gasteiger partial charge in [-0.25, -0.2) is 0 Å². The minimum atomic E-state index is -1.19. The quantitative estimate of drug-likeness (QED) is 0.139. The van der Waals surface area contributed by atoms with E-state index in [4.69, 9.17) is 0 Å². The molecule has 0 N–H and O–H groups in total. The van der Waals surface area contributed by atoms with Gasteiger partial charge in [-0.15, -0.1) is 38.9 Å². The molecule has 0 aliphatic heterocycles. The van der Waals surface area contributed by atoms with Crippen LogP contribution in [0.5, 0.6) is 0 Å². The van der Waals surface area contributed by atoms with Gasteiger partial charge in [-0.05, 0) is 5.30 Å². The molecule has 5 radical (unpaired) electrons. The van der Waals surface area contributed by atoms with Gasteiger partial charge in [-0.1, -0.05) is 99.2 Å². The van der Waals surface area contributed by atoms with E-state index in [1.54, 1.807) is 0 Å². The van der Waals surface area contributed by atoms with Gasteiger partial charge in [-0.3, -0.25) is 0 Å². The Morgan fingerprint density at radius 2 is 1.12 bits per heavy atom. The summed E-state index contributed by atoms with van der Waals surface area (Å²) in [5, 5.41) is 6.63. The van der Waals surface area contributed by atoms with Crippen LogP contribution in [0.15, 0.2) is 96.3 Å². The molecular formula is C27H42PSi3Ti. The number of benzene rings is 2. The Bertz CT molecular complexity index is 834. The van der Waals surface area contributed by atoms with Crippen LogP contribution in [0.2, 0.25) is 39.3 Å². The maximum atomic E-state index is 4.19. The molecule has 3 aromatic rings. The van der Waals surface area contributed by atoms with Crippen molar-refractivity contribution in [1.82, 2.24) is 0 Å². The molecule has 0 spiro atoms. The topological polar surface area (TPSA) is 0 Å². The molecule has 0 saturated carbocycles. The van der Waals surface area contributed by atoms with E-state index >= 15 is 0 Å².